The van der Waals surface area contributed by atoms with E-state index in [0.717, 1.165) is 17.1 Å². The van der Waals surface area contributed by atoms with Crippen LogP contribution < -0.4 is 9.47 Å². The van der Waals surface area contributed by atoms with E-state index in [4.69, 9.17) is 9.47 Å². The molecule has 1 rings (SSSR count). The van der Waals surface area contributed by atoms with Crippen molar-refractivity contribution < 1.29 is 14.3 Å². The molecule has 0 saturated carbocycles. The molecule has 0 bridgehead atoms. The SMILES string of the molecule is COc1ccc(C#CCCSC(C)=O)c(OC)c1. The second-order valence-electron chi connectivity index (χ2n) is 3.46. The minimum atomic E-state index is 0.124. The van der Waals surface area contributed by atoms with Gasteiger partial charge >= 0.3 is 0 Å². The van der Waals surface area contributed by atoms with Crippen LogP contribution in [0.4, 0.5) is 0 Å². The van der Waals surface area contributed by atoms with Crippen molar-refractivity contribution >= 4 is 16.9 Å². The van der Waals surface area contributed by atoms with E-state index in [2.05, 4.69) is 11.8 Å². The molecule has 0 aliphatic rings. The average Bonchev–Trinajstić information content (AvgIpc) is 2.38. The summed E-state index contributed by atoms with van der Waals surface area (Å²) >= 11 is 1.29. The number of hydrogen-bond donors (Lipinski definition) is 0. The highest BCUT2D eigenvalue weighted by Crippen LogP contribution is 2.23. The van der Waals surface area contributed by atoms with Crippen molar-refractivity contribution in [2.24, 2.45) is 0 Å². The Hall–Kier alpha value is -1.60. The van der Waals surface area contributed by atoms with E-state index in [1.165, 1.54) is 11.8 Å². The van der Waals surface area contributed by atoms with Crippen LogP contribution in [0.15, 0.2) is 18.2 Å². The van der Waals surface area contributed by atoms with E-state index in [1.807, 2.05) is 12.1 Å². The van der Waals surface area contributed by atoms with Crippen molar-refractivity contribution in [2.75, 3.05) is 20.0 Å². The Morgan fingerprint density at radius 3 is 2.72 bits per heavy atom. The maximum absolute atomic E-state index is 10.7. The number of thioether (sulfide) groups is 1. The molecule has 96 valence electrons. The van der Waals surface area contributed by atoms with Gasteiger partial charge in [-0.15, -0.1) is 0 Å². The van der Waals surface area contributed by atoms with Gasteiger partial charge in [-0.2, -0.15) is 0 Å². The van der Waals surface area contributed by atoms with Crippen LogP contribution in [0.2, 0.25) is 0 Å². The fourth-order valence-electron chi connectivity index (χ4n) is 1.31. The first-order valence-corrected chi connectivity index (χ1v) is 6.50. The van der Waals surface area contributed by atoms with Gasteiger partial charge in [0.1, 0.15) is 11.5 Å². The number of methoxy groups -OCH3 is 2. The number of rotatable bonds is 4. The highest BCUT2D eigenvalue weighted by Gasteiger charge is 2.01. The maximum Gasteiger partial charge on any atom is 0.185 e. The molecule has 0 radical (unpaired) electrons. The molecule has 18 heavy (non-hydrogen) atoms. The van der Waals surface area contributed by atoms with E-state index in [0.29, 0.717) is 12.2 Å². The summed E-state index contributed by atoms with van der Waals surface area (Å²) < 4.78 is 10.4. The number of carbonyl (C=O) groups is 1. The molecular formula is C14H16O3S. The highest BCUT2D eigenvalue weighted by molar-refractivity contribution is 8.13. The van der Waals surface area contributed by atoms with Crippen molar-refractivity contribution in [3.63, 3.8) is 0 Å². The molecule has 0 saturated heterocycles. The summed E-state index contributed by atoms with van der Waals surface area (Å²) in [5.41, 5.74) is 0.825. The molecule has 0 aliphatic carbocycles. The number of carbonyl (C=O) groups excluding carboxylic acids is 1. The van der Waals surface area contributed by atoms with Gasteiger partial charge in [-0.25, -0.2) is 0 Å². The van der Waals surface area contributed by atoms with Gasteiger partial charge in [0.2, 0.25) is 0 Å². The molecule has 1 aromatic rings. The zero-order chi connectivity index (χ0) is 13.4. The lowest BCUT2D eigenvalue weighted by Gasteiger charge is -2.05. The first kappa shape index (κ1) is 14.5. The van der Waals surface area contributed by atoms with Gasteiger partial charge in [0, 0.05) is 25.2 Å². The molecule has 1 aromatic carbocycles. The third-order valence-electron chi connectivity index (χ3n) is 2.16. The summed E-state index contributed by atoms with van der Waals surface area (Å²) in [5, 5.41) is 0.124. The summed E-state index contributed by atoms with van der Waals surface area (Å²) in [4.78, 5) is 10.7. The Balaban J connectivity index is 2.66. The summed E-state index contributed by atoms with van der Waals surface area (Å²) in [6.45, 7) is 1.56. The molecule has 0 amide bonds. The third kappa shape index (κ3) is 4.72. The van der Waals surface area contributed by atoms with Crippen molar-refractivity contribution in [3.05, 3.63) is 23.8 Å². The van der Waals surface area contributed by atoms with Gasteiger partial charge in [-0.3, -0.25) is 4.79 Å². The van der Waals surface area contributed by atoms with Crippen molar-refractivity contribution in [2.45, 2.75) is 13.3 Å². The van der Waals surface area contributed by atoms with E-state index in [9.17, 15) is 4.79 Å². The molecule has 3 nitrogen and oxygen atoms in total. The average molecular weight is 264 g/mol. The lowest BCUT2D eigenvalue weighted by atomic mass is 10.2. The van der Waals surface area contributed by atoms with E-state index >= 15 is 0 Å². The lowest BCUT2D eigenvalue weighted by molar-refractivity contribution is -0.109. The predicted molar refractivity (Wildman–Crippen MR) is 74.2 cm³/mol. The van der Waals surface area contributed by atoms with Gasteiger partial charge in [0.15, 0.2) is 5.12 Å². The van der Waals surface area contributed by atoms with Crippen LogP contribution in [0.1, 0.15) is 18.9 Å². The first-order chi connectivity index (χ1) is 8.67. The molecule has 0 aliphatic heterocycles. The number of benzene rings is 1. The minimum Gasteiger partial charge on any atom is -0.497 e. The Bertz CT molecular complexity index is 472. The molecule has 4 heteroatoms. The molecule has 0 spiro atoms. The minimum absolute atomic E-state index is 0.124. The Morgan fingerprint density at radius 1 is 1.33 bits per heavy atom. The standard InChI is InChI=1S/C14H16O3S/c1-11(15)18-9-5-4-6-12-7-8-13(16-2)10-14(12)17-3/h7-8,10H,5,9H2,1-3H3. The van der Waals surface area contributed by atoms with Crippen LogP contribution in [-0.4, -0.2) is 25.1 Å². The summed E-state index contributed by atoms with van der Waals surface area (Å²) in [5.74, 6) is 8.22. The monoisotopic (exact) mass is 264 g/mol. The van der Waals surface area contributed by atoms with Crippen molar-refractivity contribution in [1.82, 2.24) is 0 Å². The van der Waals surface area contributed by atoms with Crippen LogP contribution in [0.3, 0.4) is 0 Å². The molecule has 0 N–H and O–H groups in total. The van der Waals surface area contributed by atoms with Crippen LogP contribution in [-0.2, 0) is 4.79 Å². The maximum atomic E-state index is 10.7. The van der Waals surface area contributed by atoms with Crippen LogP contribution in [0.5, 0.6) is 11.5 Å². The summed E-state index contributed by atoms with van der Waals surface area (Å²) in [7, 11) is 3.21. The van der Waals surface area contributed by atoms with E-state index < -0.39 is 0 Å². The van der Waals surface area contributed by atoms with Gasteiger partial charge in [-0.1, -0.05) is 23.6 Å². The second-order valence-corrected chi connectivity index (χ2v) is 4.73. The van der Waals surface area contributed by atoms with E-state index in [1.54, 1.807) is 27.2 Å². The predicted octanol–water partition coefficient (Wildman–Crippen LogP) is 2.73. The van der Waals surface area contributed by atoms with Crippen LogP contribution in [0, 0.1) is 11.8 Å². The van der Waals surface area contributed by atoms with Crippen LogP contribution >= 0.6 is 11.8 Å². The topological polar surface area (TPSA) is 35.5 Å². The molecule has 0 fully saturated rings. The smallest absolute Gasteiger partial charge is 0.185 e. The zero-order valence-electron chi connectivity index (χ0n) is 10.8. The Labute approximate surface area is 112 Å². The molecule has 0 atom stereocenters. The van der Waals surface area contributed by atoms with Crippen molar-refractivity contribution in [1.29, 1.82) is 0 Å². The summed E-state index contributed by atoms with van der Waals surface area (Å²) in [6, 6.07) is 5.51. The fourth-order valence-corrected chi connectivity index (χ4v) is 1.80. The van der Waals surface area contributed by atoms with Gasteiger partial charge in [-0.05, 0) is 12.1 Å². The zero-order valence-corrected chi connectivity index (χ0v) is 11.6. The highest BCUT2D eigenvalue weighted by atomic mass is 32.2. The fraction of sp³-hybridized carbons (Fsp3) is 0.357. The van der Waals surface area contributed by atoms with Gasteiger partial charge < -0.3 is 9.47 Å². The summed E-state index contributed by atoms with van der Waals surface area (Å²) in [6.07, 6.45) is 0.680. The normalized spacial score (nSPS) is 9.28. The van der Waals surface area contributed by atoms with Crippen molar-refractivity contribution in [3.8, 4) is 23.3 Å². The molecule has 0 aromatic heterocycles. The Kier molecular flexibility index (Phi) is 6.16. The first-order valence-electron chi connectivity index (χ1n) is 5.51. The Morgan fingerprint density at radius 2 is 2.11 bits per heavy atom. The third-order valence-corrected chi connectivity index (χ3v) is 2.98. The number of hydrogen-bond acceptors (Lipinski definition) is 4. The van der Waals surface area contributed by atoms with E-state index in [-0.39, 0.29) is 5.12 Å². The second kappa shape index (κ2) is 7.67. The molecule has 0 heterocycles. The lowest BCUT2D eigenvalue weighted by Crippen LogP contribution is -1.90. The van der Waals surface area contributed by atoms with Gasteiger partial charge in [0.05, 0.1) is 19.8 Å². The molecule has 0 unspecified atom stereocenters. The van der Waals surface area contributed by atoms with Gasteiger partial charge in [0.25, 0.3) is 0 Å². The molecular weight excluding hydrogens is 248 g/mol. The largest absolute Gasteiger partial charge is 0.497 e. The number of ether oxygens (including phenoxy) is 2. The quantitative estimate of drug-likeness (QED) is 0.619. The van der Waals surface area contributed by atoms with Crippen LogP contribution in [0.25, 0.3) is 0 Å².